The van der Waals surface area contributed by atoms with Crippen molar-refractivity contribution in [2.45, 2.75) is 46.6 Å². The molecule has 2 heteroatoms. The maximum absolute atomic E-state index is 10.1. The van der Waals surface area contributed by atoms with Crippen molar-refractivity contribution in [1.29, 1.82) is 0 Å². The van der Waals surface area contributed by atoms with Gasteiger partial charge in [0.1, 0.15) is 6.10 Å². The van der Waals surface area contributed by atoms with Crippen LogP contribution in [0.1, 0.15) is 40.5 Å². The van der Waals surface area contributed by atoms with E-state index in [1.807, 2.05) is 6.92 Å². The molecule has 0 fully saturated rings. The lowest BCUT2D eigenvalue weighted by Crippen LogP contribution is -2.21. The van der Waals surface area contributed by atoms with Gasteiger partial charge in [-0.2, -0.15) is 0 Å². The van der Waals surface area contributed by atoms with Crippen LogP contribution < -0.4 is 0 Å². The molecule has 0 rings (SSSR count). The van der Waals surface area contributed by atoms with Gasteiger partial charge in [0.05, 0.1) is 0 Å². The zero-order valence-electron chi connectivity index (χ0n) is 8.54. The van der Waals surface area contributed by atoms with Crippen molar-refractivity contribution in [2.24, 2.45) is 11.8 Å². The van der Waals surface area contributed by atoms with Gasteiger partial charge >= 0.3 is 0 Å². The number of hydrogen-bond donors (Lipinski definition) is 0. The molecule has 0 aliphatic heterocycles. The molecule has 72 valence electrons. The maximum atomic E-state index is 10.1. The van der Waals surface area contributed by atoms with Crippen molar-refractivity contribution in [3.63, 3.8) is 0 Å². The second-order valence-electron chi connectivity index (χ2n) is 3.79. The zero-order valence-corrected chi connectivity index (χ0v) is 8.54. The molecule has 2 unspecified atom stereocenters. The van der Waals surface area contributed by atoms with Crippen LogP contribution in [0.25, 0.3) is 0 Å². The van der Waals surface area contributed by atoms with E-state index in [2.05, 4.69) is 20.8 Å². The molecule has 0 saturated carbocycles. The van der Waals surface area contributed by atoms with E-state index in [4.69, 9.17) is 4.74 Å². The first-order chi connectivity index (χ1) is 5.61. The fourth-order valence-corrected chi connectivity index (χ4v) is 1.60. The van der Waals surface area contributed by atoms with Crippen LogP contribution in [0.5, 0.6) is 0 Å². The van der Waals surface area contributed by atoms with Crippen molar-refractivity contribution < 1.29 is 9.53 Å². The summed E-state index contributed by atoms with van der Waals surface area (Å²) in [5, 5.41) is 0. The second-order valence-corrected chi connectivity index (χ2v) is 3.79. The molecule has 2 nitrogen and oxygen atoms in total. The van der Waals surface area contributed by atoms with Gasteiger partial charge in [0.25, 0.3) is 6.47 Å². The molecular weight excluding hydrogens is 152 g/mol. The molecule has 0 aromatic carbocycles. The third-order valence-corrected chi connectivity index (χ3v) is 2.11. The molecule has 0 radical (unpaired) electrons. The normalized spacial score (nSPS) is 15.8. The third kappa shape index (κ3) is 4.37. The SMILES string of the molecule is CCC(OC=O)C(C)CC(C)C. The summed E-state index contributed by atoms with van der Waals surface area (Å²) in [5.41, 5.74) is 0. The first-order valence-electron chi connectivity index (χ1n) is 4.70. The number of ether oxygens (including phenoxy) is 1. The molecule has 0 saturated heterocycles. The highest BCUT2D eigenvalue weighted by molar-refractivity contribution is 5.37. The lowest BCUT2D eigenvalue weighted by Gasteiger charge is -2.22. The van der Waals surface area contributed by atoms with Crippen molar-refractivity contribution >= 4 is 6.47 Å². The summed E-state index contributed by atoms with van der Waals surface area (Å²) in [7, 11) is 0. The predicted octanol–water partition coefficient (Wildman–Crippen LogP) is 2.62. The summed E-state index contributed by atoms with van der Waals surface area (Å²) in [4.78, 5) is 10.1. The molecule has 0 aromatic heterocycles. The Kier molecular flexibility index (Phi) is 5.77. The van der Waals surface area contributed by atoms with E-state index < -0.39 is 0 Å². The minimum absolute atomic E-state index is 0.102. The van der Waals surface area contributed by atoms with Crippen LogP contribution in [0, 0.1) is 11.8 Å². The van der Waals surface area contributed by atoms with Gasteiger partial charge in [0, 0.05) is 0 Å². The van der Waals surface area contributed by atoms with Crippen LogP contribution in [0.2, 0.25) is 0 Å². The highest BCUT2D eigenvalue weighted by atomic mass is 16.5. The Labute approximate surface area is 75.3 Å². The molecule has 0 aliphatic carbocycles. The highest BCUT2D eigenvalue weighted by Gasteiger charge is 2.16. The maximum Gasteiger partial charge on any atom is 0.293 e. The molecule has 12 heavy (non-hydrogen) atoms. The lowest BCUT2D eigenvalue weighted by molar-refractivity contribution is -0.136. The van der Waals surface area contributed by atoms with E-state index in [1.165, 1.54) is 0 Å². The fraction of sp³-hybridized carbons (Fsp3) is 0.900. The molecular formula is C10H20O2. The van der Waals surface area contributed by atoms with E-state index in [0.29, 0.717) is 18.3 Å². The number of rotatable bonds is 6. The van der Waals surface area contributed by atoms with Crippen LogP contribution >= 0.6 is 0 Å². The monoisotopic (exact) mass is 172 g/mol. The van der Waals surface area contributed by atoms with E-state index in [0.717, 1.165) is 12.8 Å². The van der Waals surface area contributed by atoms with Gasteiger partial charge in [-0.25, -0.2) is 0 Å². The van der Waals surface area contributed by atoms with Crippen molar-refractivity contribution in [1.82, 2.24) is 0 Å². The summed E-state index contributed by atoms with van der Waals surface area (Å²) in [6, 6.07) is 0. The third-order valence-electron chi connectivity index (χ3n) is 2.11. The van der Waals surface area contributed by atoms with Gasteiger partial charge in [-0.15, -0.1) is 0 Å². The van der Waals surface area contributed by atoms with Crippen LogP contribution in [0.4, 0.5) is 0 Å². The van der Waals surface area contributed by atoms with Gasteiger partial charge in [-0.3, -0.25) is 4.79 Å². The van der Waals surface area contributed by atoms with Gasteiger partial charge in [-0.1, -0.05) is 27.7 Å². The highest BCUT2D eigenvalue weighted by Crippen LogP contribution is 2.18. The Balaban J connectivity index is 3.83. The van der Waals surface area contributed by atoms with Crippen molar-refractivity contribution in [2.75, 3.05) is 0 Å². The van der Waals surface area contributed by atoms with Gasteiger partial charge in [-0.05, 0) is 24.7 Å². The minimum Gasteiger partial charge on any atom is -0.464 e. The Hall–Kier alpha value is -0.530. The summed E-state index contributed by atoms with van der Waals surface area (Å²) in [6.45, 7) is 9.11. The Morgan fingerprint density at radius 3 is 2.25 bits per heavy atom. The lowest BCUT2D eigenvalue weighted by atomic mass is 9.92. The summed E-state index contributed by atoms with van der Waals surface area (Å²) < 4.78 is 4.97. The van der Waals surface area contributed by atoms with Crippen LogP contribution in [-0.4, -0.2) is 12.6 Å². The van der Waals surface area contributed by atoms with E-state index in [9.17, 15) is 4.79 Å². The quantitative estimate of drug-likeness (QED) is 0.576. The molecule has 0 bridgehead atoms. The standard InChI is InChI=1S/C10H20O2/c1-5-10(12-7-11)9(4)6-8(2)3/h7-10H,5-6H2,1-4H3. The number of carbonyl (C=O) groups excluding carboxylic acids is 1. The van der Waals surface area contributed by atoms with Crippen LogP contribution in [0.3, 0.4) is 0 Å². The van der Waals surface area contributed by atoms with E-state index in [-0.39, 0.29) is 6.10 Å². The van der Waals surface area contributed by atoms with Gasteiger partial charge in [0.15, 0.2) is 0 Å². The molecule has 0 aliphatic rings. The Morgan fingerprint density at radius 2 is 1.92 bits per heavy atom. The first kappa shape index (κ1) is 11.5. The van der Waals surface area contributed by atoms with Gasteiger partial charge < -0.3 is 4.74 Å². The Bertz CT molecular complexity index is 121. The van der Waals surface area contributed by atoms with E-state index in [1.54, 1.807) is 0 Å². The summed E-state index contributed by atoms with van der Waals surface area (Å²) in [5.74, 6) is 1.14. The van der Waals surface area contributed by atoms with Gasteiger partial charge in [0.2, 0.25) is 0 Å². The molecule has 0 amide bonds. The number of hydrogen-bond acceptors (Lipinski definition) is 2. The smallest absolute Gasteiger partial charge is 0.293 e. The average Bonchev–Trinajstić information content (AvgIpc) is 1.98. The van der Waals surface area contributed by atoms with Crippen LogP contribution in [0.15, 0.2) is 0 Å². The zero-order chi connectivity index (χ0) is 9.56. The largest absolute Gasteiger partial charge is 0.464 e. The minimum atomic E-state index is 0.102. The van der Waals surface area contributed by atoms with Crippen molar-refractivity contribution in [3.05, 3.63) is 0 Å². The topological polar surface area (TPSA) is 26.3 Å². The van der Waals surface area contributed by atoms with Crippen LogP contribution in [-0.2, 0) is 9.53 Å². The molecule has 0 N–H and O–H groups in total. The number of carbonyl (C=O) groups is 1. The predicted molar refractivity (Wildman–Crippen MR) is 49.8 cm³/mol. The first-order valence-corrected chi connectivity index (χ1v) is 4.70. The fourth-order valence-electron chi connectivity index (χ4n) is 1.60. The van der Waals surface area contributed by atoms with E-state index >= 15 is 0 Å². The summed E-state index contributed by atoms with van der Waals surface area (Å²) in [6.07, 6.45) is 2.13. The average molecular weight is 172 g/mol. The Morgan fingerprint density at radius 1 is 1.33 bits per heavy atom. The molecule has 0 aromatic rings. The molecule has 2 atom stereocenters. The summed E-state index contributed by atoms with van der Waals surface area (Å²) >= 11 is 0. The molecule has 0 heterocycles. The van der Waals surface area contributed by atoms with Crippen molar-refractivity contribution in [3.8, 4) is 0 Å². The second kappa shape index (κ2) is 6.04. The molecule has 0 spiro atoms.